The van der Waals surface area contributed by atoms with Crippen LogP contribution in [-0.4, -0.2) is 74.9 Å². The quantitative estimate of drug-likeness (QED) is 0.247. The molecular weight excluding hydrogens is 558 g/mol. The van der Waals surface area contributed by atoms with Crippen LogP contribution in [0.25, 0.3) is 5.82 Å². The van der Waals surface area contributed by atoms with Crippen molar-refractivity contribution in [2.45, 2.75) is 13.1 Å². The number of alkyl halides is 3. The highest BCUT2D eigenvalue weighted by atomic mass is 19.4. The molecule has 1 amide bonds. The first-order valence-corrected chi connectivity index (χ1v) is 13.0. The summed E-state index contributed by atoms with van der Waals surface area (Å²) in [4.78, 5) is 27.8. The molecule has 0 unspecified atom stereocenters. The monoisotopic (exact) mass is 585 g/mol. The molecule has 1 saturated heterocycles. The summed E-state index contributed by atoms with van der Waals surface area (Å²) in [5.41, 5.74) is -0.213. The number of anilines is 4. The average Bonchev–Trinajstić information content (AvgIpc) is 3.43. The summed E-state index contributed by atoms with van der Waals surface area (Å²) < 4.78 is 59.8. The molecule has 0 spiro atoms. The van der Waals surface area contributed by atoms with E-state index < -0.39 is 23.5 Å². The van der Waals surface area contributed by atoms with Crippen molar-refractivity contribution in [2.24, 2.45) is 0 Å². The molecule has 2 aromatic carbocycles. The van der Waals surface area contributed by atoms with Crippen LogP contribution in [0.15, 0.2) is 55.1 Å². The lowest BCUT2D eigenvalue weighted by molar-refractivity contribution is -0.140. The first kappa shape index (κ1) is 28.9. The number of aromatic nitrogens is 5. The maximum atomic E-state index is 13.6. The number of nitrogens with one attached hydrogen (secondary N) is 3. The normalized spacial score (nSPS) is 14.0. The van der Waals surface area contributed by atoms with Gasteiger partial charge >= 0.3 is 6.18 Å². The van der Waals surface area contributed by atoms with Crippen LogP contribution >= 0.6 is 0 Å². The SMILES string of the molecule is Cc1ccc(NC(=O)c2ccc(F)c(C(F)(F)F)c2)cc1Nc1ncnn1-c1cc(NCCN2CCOCC2)ncn1. The molecular formula is C27H27F4N9O2. The average molecular weight is 586 g/mol. The summed E-state index contributed by atoms with van der Waals surface area (Å²) in [6, 6.07) is 8.73. The minimum absolute atomic E-state index is 0.297. The number of carbonyl (C=O) groups is 1. The molecule has 1 aliphatic heterocycles. The van der Waals surface area contributed by atoms with E-state index in [2.05, 4.69) is 40.9 Å². The van der Waals surface area contributed by atoms with Gasteiger partial charge in [0, 0.05) is 49.2 Å². The number of carbonyl (C=O) groups excluding carboxylic acids is 1. The van der Waals surface area contributed by atoms with Gasteiger partial charge in [-0.15, -0.1) is 0 Å². The van der Waals surface area contributed by atoms with Crippen LogP contribution in [0.5, 0.6) is 0 Å². The molecule has 1 aliphatic rings. The molecule has 15 heteroatoms. The van der Waals surface area contributed by atoms with Crippen molar-refractivity contribution in [3.63, 3.8) is 0 Å². The van der Waals surface area contributed by atoms with Gasteiger partial charge in [0.25, 0.3) is 5.91 Å². The number of hydrogen-bond acceptors (Lipinski definition) is 9. The van der Waals surface area contributed by atoms with Gasteiger partial charge in [-0.25, -0.2) is 14.4 Å². The van der Waals surface area contributed by atoms with E-state index in [9.17, 15) is 22.4 Å². The van der Waals surface area contributed by atoms with Gasteiger partial charge in [-0.2, -0.15) is 27.9 Å². The lowest BCUT2D eigenvalue weighted by Gasteiger charge is -2.26. The Morgan fingerprint density at radius 3 is 2.62 bits per heavy atom. The van der Waals surface area contributed by atoms with Gasteiger partial charge in [-0.05, 0) is 42.8 Å². The molecule has 1 fully saturated rings. The molecule has 2 aromatic heterocycles. The van der Waals surface area contributed by atoms with E-state index in [1.807, 2.05) is 6.92 Å². The van der Waals surface area contributed by atoms with Gasteiger partial charge in [0.1, 0.15) is 24.3 Å². The molecule has 0 aliphatic carbocycles. The second-order valence-corrected chi connectivity index (χ2v) is 9.44. The van der Waals surface area contributed by atoms with Gasteiger partial charge in [-0.1, -0.05) is 6.07 Å². The molecule has 11 nitrogen and oxygen atoms in total. The number of ether oxygens (including phenoxy) is 1. The van der Waals surface area contributed by atoms with E-state index in [0.717, 1.165) is 44.5 Å². The summed E-state index contributed by atoms with van der Waals surface area (Å²) in [5.74, 6) is -0.881. The van der Waals surface area contributed by atoms with Crippen LogP contribution < -0.4 is 16.0 Å². The van der Waals surface area contributed by atoms with Gasteiger partial charge in [0.2, 0.25) is 5.95 Å². The largest absolute Gasteiger partial charge is 0.419 e. The molecule has 0 radical (unpaired) electrons. The minimum Gasteiger partial charge on any atom is -0.379 e. The van der Waals surface area contributed by atoms with E-state index in [-0.39, 0.29) is 5.56 Å². The summed E-state index contributed by atoms with van der Waals surface area (Å²) in [7, 11) is 0. The van der Waals surface area contributed by atoms with E-state index in [1.165, 1.54) is 17.3 Å². The van der Waals surface area contributed by atoms with E-state index >= 15 is 0 Å². The van der Waals surface area contributed by atoms with Crippen molar-refractivity contribution >= 4 is 29.0 Å². The molecule has 42 heavy (non-hydrogen) atoms. The van der Waals surface area contributed by atoms with Crippen molar-refractivity contribution in [1.82, 2.24) is 29.6 Å². The zero-order valence-electron chi connectivity index (χ0n) is 22.5. The van der Waals surface area contributed by atoms with Crippen LogP contribution in [0.1, 0.15) is 21.5 Å². The van der Waals surface area contributed by atoms with Crippen LogP contribution in [0.2, 0.25) is 0 Å². The lowest BCUT2D eigenvalue weighted by atomic mass is 10.1. The zero-order valence-corrected chi connectivity index (χ0v) is 22.5. The standard InChI is InChI=1S/C27H27F4N9O2/c1-17-2-4-19(37-25(41)18-3-5-21(28)20(12-18)27(29,30)31)13-22(17)38-26-35-16-36-40(26)24-14-23(33-15-34-24)32-6-7-39-8-10-42-11-9-39/h2-5,12-16H,6-11H2,1H3,(H,37,41)(H,32,33,34)(H,35,36,38). The first-order valence-electron chi connectivity index (χ1n) is 13.0. The number of rotatable bonds is 9. The predicted octanol–water partition coefficient (Wildman–Crippen LogP) is 4.26. The highest BCUT2D eigenvalue weighted by molar-refractivity contribution is 6.04. The summed E-state index contributed by atoms with van der Waals surface area (Å²) in [6.45, 7) is 6.59. The number of aryl methyl sites for hydroxylation is 1. The van der Waals surface area contributed by atoms with Crippen molar-refractivity contribution in [3.8, 4) is 5.82 Å². The molecule has 0 atom stereocenters. The molecule has 3 heterocycles. The smallest absolute Gasteiger partial charge is 0.379 e. The van der Waals surface area contributed by atoms with E-state index in [4.69, 9.17) is 4.74 Å². The molecule has 0 bridgehead atoms. The summed E-state index contributed by atoms with van der Waals surface area (Å²) >= 11 is 0. The topological polar surface area (TPSA) is 122 Å². The number of morpholine rings is 1. The van der Waals surface area contributed by atoms with Gasteiger partial charge in [0.05, 0.1) is 18.8 Å². The van der Waals surface area contributed by atoms with Crippen molar-refractivity contribution in [3.05, 3.63) is 77.6 Å². The highest BCUT2D eigenvalue weighted by Crippen LogP contribution is 2.32. The fourth-order valence-corrected chi connectivity index (χ4v) is 4.26. The minimum atomic E-state index is -4.93. The highest BCUT2D eigenvalue weighted by Gasteiger charge is 2.34. The Morgan fingerprint density at radius 1 is 1.02 bits per heavy atom. The Bertz CT molecular complexity index is 1550. The second kappa shape index (κ2) is 12.5. The fraction of sp³-hybridized carbons (Fsp3) is 0.296. The van der Waals surface area contributed by atoms with E-state index in [1.54, 1.807) is 24.3 Å². The maximum Gasteiger partial charge on any atom is 0.419 e. The third-order valence-corrected chi connectivity index (χ3v) is 6.53. The molecule has 5 rings (SSSR count). The predicted molar refractivity (Wildman–Crippen MR) is 147 cm³/mol. The summed E-state index contributed by atoms with van der Waals surface area (Å²) in [5, 5.41) is 13.3. The maximum absolute atomic E-state index is 13.6. The number of hydrogen-bond donors (Lipinski definition) is 3. The third-order valence-electron chi connectivity index (χ3n) is 6.53. The molecule has 0 saturated carbocycles. The van der Waals surface area contributed by atoms with Gasteiger partial charge in [-0.3, -0.25) is 9.69 Å². The number of amides is 1. The van der Waals surface area contributed by atoms with Crippen molar-refractivity contribution in [1.29, 1.82) is 0 Å². The first-order chi connectivity index (χ1) is 20.2. The number of halogens is 4. The fourth-order valence-electron chi connectivity index (χ4n) is 4.26. The Balaban J connectivity index is 1.28. The Hall–Kier alpha value is -4.63. The van der Waals surface area contributed by atoms with Gasteiger partial charge < -0.3 is 20.7 Å². The van der Waals surface area contributed by atoms with Gasteiger partial charge in [0.15, 0.2) is 5.82 Å². The van der Waals surface area contributed by atoms with Crippen molar-refractivity contribution < 1.29 is 27.1 Å². The molecule has 4 aromatic rings. The van der Waals surface area contributed by atoms with Crippen LogP contribution in [0.3, 0.4) is 0 Å². The van der Waals surface area contributed by atoms with Crippen LogP contribution in [0.4, 0.5) is 40.7 Å². The van der Waals surface area contributed by atoms with Crippen molar-refractivity contribution in [2.75, 3.05) is 55.3 Å². The number of benzene rings is 2. The van der Waals surface area contributed by atoms with Crippen LogP contribution in [0, 0.1) is 12.7 Å². The number of nitrogens with zero attached hydrogens (tertiary/aromatic N) is 6. The Morgan fingerprint density at radius 2 is 1.83 bits per heavy atom. The molecule has 3 N–H and O–H groups in total. The Labute approximate surface area is 237 Å². The van der Waals surface area contributed by atoms with Crippen LogP contribution in [-0.2, 0) is 10.9 Å². The zero-order chi connectivity index (χ0) is 29.7. The Kier molecular flexibility index (Phi) is 8.59. The second-order valence-electron chi connectivity index (χ2n) is 9.44. The molecule has 220 valence electrons. The van der Waals surface area contributed by atoms with E-state index in [0.29, 0.717) is 47.6 Å². The lowest BCUT2D eigenvalue weighted by Crippen LogP contribution is -2.39. The third kappa shape index (κ3) is 6.98. The summed E-state index contributed by atoms with van der Waals surface area (Å²) in [6.07, 6.45) is -2.16.